The molecule has 0 atom stereocenters. The highest BCUT2D eigenvalue weighted by molar-refractivity contribution is 9.10. The number of hydrogen-bond donors (Lipinski definition) is 1. The van der Waals surface area contributed by atoms with Crippen LogP contribution in [0.5, 0.6) is 17.2 Å². The van der Waals surface area contributed by atoms with E-state index in [1.165, 1.54) is 56.8 Å². The summed E-state index contributed by atoms with van der Waals surface area (Å²) in [6.45, 7) is 0. The largest absolute Gasteiger partial charge is 0.497 e. The smallest absolute Gasteiger partial charge is 0.339 e. The Hall–Kier alpha value is -3.37. The number of carbonyl (C=O) groups is 1. The standard InChI is InChI=1S/C22H19BrN2O6S/c1-29-17-7-9-19(10-8-17)32(27,28)31-18-5-3-4-15(12-18)14-24-25-22(26)20-13-16(23)6-11-21(20)30-2/h3-14H,1-2H3,(H,25,26)/b24-14-. The molecule has 0 bridgehead atoms. The van der Waals surface area contributed by atoms with Crippen LogP contribution in [-0.4, -0.2) is 34.8 Å². The highest BCUT2D eigenvalue weighted by Crippen LogP contribution is 2.23. The molecule has 0 radical (unpaired) electrons. The summed E-state index contributed by atoms with van der Waals surface area (Å²) < 4.78 is 41.1. The van der Waals surface area contributed by atoms with E-state index in [1.807, 2.05) is 0 Å². The first kappa shape index (κ1) is 23.3. The van der Waals surface area contributed by atoms with Crippen LogP contribution in [0.3, 0.4) is 0 Å². The van der Waals surface area contributed by atoms with Crippen LogP contribution in [0.4, 0.5) is 0 Å². The number of hydrogen-bond acceptors (Lipinski definition) is 7. The second-order valence-electron chi connectivity index (χ2n) is 6.33. The van der Waals surface area contributed by atoms with Gasteiger partial charge < -0.3 is 13.7 Å². The van der Waals surface area contributed by atoms with Crippen LogP contribution < -0.4 is 19.1 Å². The maximum absolute atomic E-state index is 12.5. The molecule has 0 unspecified atom stereocenters. The molecular formula is C22H19BrN2O6S. The summed E-state index contributed by atoms with van der Waals surface area (Å²) in [6.07, 6.45) is 1.37. The van der Waals surface area contributed by atoms with Crippen molar-refractivity contribution in [3.05, 3.63) is 82.3 Å². The molecule has 32 heavy (non-hydrogen) atoms. The van der Waals surface area contributed by atoms with Crippen molar-refractivity contribution in [2.75, 3.05) is 14.2 Å². The maximum Gasteiger partial charge on any atom is 0.339 e. The number of rotatable bonds is 8. The zero-order valence-corrected chi connectivity index (χ0v) is 19.5. The molecule has 0 saturated heterocycles. The van der Waals surface area contributed by atoms with Gasteiger partial charge in [0.2, 0.25) is 0 Å². The van der Waals surface area contributed by atoms with E-state index in [4.69, 9.17) is 13.7 Å². The van der Waals surface area contributed by atoms with Gasteiger partial charge in [-0.2, -0.15) is 13.5 Å². The molecule has 10 heteroatoms. The van der Waals surface area contributed by atoms with E-state index in [0.29, 0.717) is 22.6 Å². The van der Waals surface area contributed by atoms with Gasteiger partial charge >= 0.3 is 10.1 Å². The first-order chi connectivity index (χ1) is 15.3. The highest BCUT2D eigenvalue weighted by atomic mass is 79.9. The van der Waals surface area contributed by atoms with Crippen LogP contribution in [0.2, 0.25) is 0 Å². The van der Waals surface area contributed by atoms with Gasteiger partial charge in [-0.25, -0.2) is 5.43 Å². The van der Waals surface area contributed by atoms with Crippen molar-refractivity contribution in [2.24, 2.45) is 5.10 Å². The minimum absolute atomic E-state index is 0.00685. The molecular weight excluding hydrogens is 500 g/mol. The first-order valence-electron chi connectivity index (χ1n) is 9.18. The lowest BCUT2D eigenvalue weighted by Crippen LogP contribution is -2.18. The van der Waals surface area contributed by atoms with Gasteiger partial charge in [-0.1, -0.05) is 28.1 Å². The molecule has 0 aliphatic rings. The molecule has 3 aromatic carbocycles. The SMILES string of the molecule is COc1ccc(S(=O)(=O)Oc2cccc(/C=N\NC(=O)c3cc(Br)ccc3OC)c2)cc1. The molecule has 0 heterocycles. The number of benzene rings is 3. The van der Waals surface area contributed by atoms with Crippen molar-refractivity contribution >= 4 is 38.2 Å². The zero-order chi connectivity index (χ0) is 23.1. The van der Waals surface area contributed by atoms with Crippen LogP contribution in [0.25, 0.3) is 0 Å². The van der Waals surface area contributed by atoms with Crippen LogP contribution in [0, 0.1) is 0 Å². The lowest BCUT2D eigenvalue weighted by molar-refractivity contribution is 0.0952. The van der Waals surface area contributed by atoms with Crippen molar-refractivity contribution in [3.8, 4) is 17.2 Å². The third-order valence-electron chi connectivity index (χ3n) is 4.20. The van der Waals surface area contributed by atoms with Crippen molar-refractivity contribution in [1.29, 1.82) is 0 Å². The molecule has 3 aromatic rings. The monoisotopic (exact) mass is 518 g/mol. The molecule has 0 saturated carbocycles. The number of nitrogens with zero attached hydrogens (tertiary/aromatic N) is 1. The van der Waals surface area contributed by atoms with Crippen LogP contribution in [0.15, 0.2) is 81.2 Å². The van der Waals surface area contributed by atoms with Crippen molar-refractivity contribution < 1.29 is 26.9 Å². The van der Waals surface area contributed by atoms with Crippen LogP contribution in [-0.2, 0) is 10.1 Å². The second kappa shape index (κ2) is 10.3. The Morgan fingerprint density at radius 2 is 1.72 bits per heavy atom. The fourth-order valence-corrected chi connectivity index (χ4v) is 3.93. The van der Waals surface area contributed by atoms with Crippen molar-refractivity contribution in [1.82, 2.24) is 5.43 Å². The summed E-state index contributed by atoms with van der Waals surface area (Å²) in [5.41, 5.74) is 3.24. The van der Waals surface area contributed by atoms with E-state index in [0.717, 1.165) is 4.47 Å². The van der Waals surface area contributed by atoms with E-state index < -0.39 is 16.0 Å². The molecule has 0 spiro atoms. The topological polar surface area (TPSA) is 103 Å². The average molecular weight is 519 g/mol. The van der Waals surface area contributed by atoms with E-state index in [2.05, 4.69) is 26.5 Å². The Bertz CT molecular complexity index is 1240. The summed E-state index contributed by atoms with van der Waals surface area (Å²) in [7, 11) is -1.07. The minimum Gasteiger partial charge on any atom is -0.497 e. The number of amides is 1. The molecule has 0 aliphatic carbocycles. The summed E-state index contributed by atoms with van der Waals surface area (Å²) >= 11 is 3.31. The van der Waals surface area contributed by atoms with Gasteiger partial charge in [0.15, 0.2) is 0 Å². The molecule has 3 rings (SSSR count). The molecule has 0 fully saturated rings. The van der Waals surface area contributed by atoms with Gasteiger partial charge in [0, 0.05) is 4.47 Å². The van der Waals surface area contributed by atoms with Gasteiger partial charge in [0.1, 0.15) is 22.1 Å². The maximum atomic E-state index is 12.5. The normalized spacial score (nSPS) is 11.2. The molecule has 1 N–H and O–H groups in total. The molecule has 1 amide bonds. The van der Waals surface area contributed by atoms with Gasteiger partial charge in [-0.15, -0.1) is 0 Å². The van der Waals surface area contributed by atoms with Gasteiger partial charge in [0.05, 0.1) is 26.0 Å². The van der Waals surface area contributed by atoms with E-state index in [9.17, 15) is 13.2 Å². The predicted molar refractivity (Wildman–Crippen MR) is 123 cm³/mol. The Morgan fingerprint density at radius 3 is 2.41 bits per heavy atom. The number of methoxy groups -OCH3 is 2. The Kier molecular flexibility index (Phi) is 7.49. The lowest BCUT2D eigenvalue weighted by Gasteiger charge is -2.08. The quantitative estimate of drug-likeness (QED) is 0.274. The number of halogens is 1. The average Bonchev–Trinajstić information content (AvgIpc) is 2.79. The molecule has 0 aromatic heterocycles. The third-order valence-corrected chi connectivity index (χ3v) is 5.95. The Morgan fingerprint density at radius 1 is 0.969 bits per heavy atom. The predicted octanol–water partition coefficient (Wildman–Crippen LogP) is 4.00. The molecule has 166 valence electrons. The van der Waals surface area contributed by atoms with Gasteiger partial charge in [0.25, 0.3) is 5.91 Å². The van der Waals surface area contributed by atoms with E-state index in [-0.39, 0.29) is 10.6 Å². The fourth-order valence-electron chi connectivity index (χ4n) is 2.65. The Labute approximate surface area is 194 Å². The number of nitrogens with one attached hydrogen (secondary N) is 1. The summed E-state index contributed by atoms with van der Waals surface area (Å²) in [6, 6.07) is 17.2. The fraction of sp³-hybridized carbons (Fsp3) is 0.0909. The summed E-state index contributed by atoms with van der Waals surface area (Å²) in [5, 5.41) is 3.92. The number of carbonyl (C=O) groups excluding carboxylic acids is 1. The third kappa shape index (κ3) is 5.86. The summed E-state index contributed by atoms with van der Waals surface area (Å²) in [5.74, 6) is 0.573. The van der Waals surface area contributed by atoms with Gasteiger partial charge in [-0.05, 0) is 60.2 Å². The van der Waals surface area contributed by atoms with E-state index in [1.54, 1.807) is 30.3 Å². The first-order valence-corrected chi connectivity index (χ1v) is 11.4. The van der Waals surface area contributed by atoms with Crippen LogP contribution in [0.1, 0.15) is 15.9 Å². The molecule has 0 aliphatic heterocycles. The van der Waals surface area contributed by atoms with Crippen molar-refractivity contribution in [2.45, 2.75) is 4.90 Å². The lowest BCUT2D eigenvalue weighted by atomic mass is 10.2. The highest BCUT2D eigenvalue weighted by Gasteiger charge is 2.17. The number of ether oxygens (including phenoxy) is 2. The molecule has 8 nitrogen and oxygen atoms in total. The zero-order valence-electron chi connectivity index (χ0n) is 17.1. The van der Waals surface area contributed by atoms with Crippen molar-refractivity contribution in [3.63, 3.8) is 0 Å². The van der Waals surface area contributed by atoms with E-state index >= 15 is 0 Å². The Balaban J connectivity index is 1.70. The summed E-state index contributed by atoms with van der Waals surface area (Å²) in [4.78, 5) is 12.4. The second-order valence-corrected chi connectivity index (χ2v) is 8.79. The minimum atomic E-state index is -4.02. The number of hydrazone groups is 1. The van der Waals surface area contributed by atoms with Crippen LogP contribution >= 0.6 is 15.9 Å². The van der Waals surface area contributed by atoms with Gasteiger partial charge in [-0.3, -0.25) is 4.79 Å².